The van der Waals surface area contributed by atoms with Gasteiger partial charge in [0, 0.05) is 18.3 Å². The van der Waals surface area contributed by atoms with Crippen LogP contribution in [0.5, 0.6) is 0 Å². The SMILES string of the molecule is CC(Cc1ccc2c(c1)CCCN2)NCCCN(C)C. The highest BCUT2D eigenvalue weighted by Crippen LogP contribution is 2.23. The molecule has 0 saturated carbocycles. The molecule has 112 valence electrons. The topological polar surface area (TPSA) is 27.3 Å². The largest absolute Gasteiger partial charge is 0.385 e. The number of benzene rings is 1. The molecular formula is C17H29N3. The van der Waals surface area contributed by atoms with Gasteiger partial charge in [-0.1, -0.05) is 12.1 Å². The second kappa shape index (κ2) is 7.65. The Balaban J connectivity index is 1.77. The van der Waals surface area contributed by atoms with Crippen LogP contribution in [-0.2, 0) is 12.8 Å². The van der Waals surface area contributed by atoms with Crippen LogP contribution in [0.2, 0.25) is 0 Å². The number of nitrogens with zero attached hydrogens (tertiary/aromatic N) is 1. The molecule has 0 bridgehead atoms. The number of rotatable bonds is 7. The molecule has 0 aromatic heterocycles. The van der Waals surface area contributed by atoms with Gasteiger partial charge in [0.05, 0.1) is 0 Å². The van der Waals surface area contributed by atoms with Crippen molar-refractivity contribution in [2.45, 2.75) is 38.6 Å². The first-order chi connectivity index (χ1) is 9.65. The zero-order valence-electron chi connectivity index (χ0n) is 13.2. The van der Waals surface area contributed by atoms with Gasteiger partial charge in [-0.15, -0.1) is 0 Å². The third-order valence-electron chi connectivity index (χ3n) is 3.92. The van der Waals surface area contributed by atoms with E-state index in [2.05, 4.69) is 54.8 Å². The van der Waals surface area contributed by atoms with Crippen molar-refractivity contribution in [2.24, 2.45) is 0 Å². The van der Waals surface area contributed by atoms with Crippen LogP contribution in [0.25, 0.3) is 0 Å². The molecule has 1 unspecified atom stereocenters. The van der Waals surface area contributed by atoms with E-state index in [9.17, 15) is 0 Å². The summed E-state index contributed by atoms with van der Waals surface area (Å²) in [6.07, 6.45) is 4.82. The molecule has 0 spiro atoms. The molecule has 20 heavy (non-hydrogen) atoms. The minimum absolute atomic E-state index is 0.548. The lowest BCUT2D eigenvalue weighted by Gasteiger charge is -2.20. The molecule has 0 amide bonds. The van der Waals surface area contributed by atoms with Crippen LogP contribution in [0.1, 0.15) is 30.9 Å². The molecule has 2 N–H and O–H groups in total. The molecule has 1 aliphatic heterocycles. The summed E-state index contributed by atoms with van der Waals surface area (Å²) in [6.45, 7) is 5.67. The summed E-state index contributed by atoms with van der Waals surface area (Å²) in [4.78, 5) is 2.24. The fourth-order valence-corrected chi connectivity index (χ4v) is 2.82. The molecule has 0 fully saturated rings. The average Bonchev–Trinajstić information content (AvgIpc) is 2.43. The molecule has 1 heterocycles. The van der Waals surface area contributed by atoms with E-state index in [4.69, 9.17) is 0 Å². The molecule has 0 aliphatic carbocycles. The molecule has 3 nitrogen and oxygen atoms in total. The molecule has 1 aromatic carbocycles. The second-order valence-electron chi connectivity index (χ2n) is 6.24. The number of nitrogens with one attached hydrogen (secondary N) is 2. The molecule has 2 rings (SSSR count). The Bertz CT molecular complexity index is 415. The minimum atomic E-state index is 0.548. The van der Waals surface area contributed by atoms with Crippen molar-refractivity contribution in [1.29, 1.82) is 0 Å². The van der Waals surface area contributed by atoms with Gasteiger partial charge in [0.25, 0.3) is 0 Å². The Morgan fingerprint density at radius 1 is 1.35 bits per heavy atom. The number of hydrogen-bond acceptors (Lipinski definition) is 3. The lowest BCUT2D eigenvalue weighted by Crippen LogP contribution is -2.30. The zero-order chi connectivity index (χ0) is 14.4. The Hall–Kier alpha value is -1.06. The Morgan fingerprint density at radius 3 is 3.00 bits per heavy atom. The maximum absolute atomic E-state index is 3.62. The van der Waals surface area contributed by atoms with Crippen molar-refractivity contribution in [2.75, 3.05) is 39.0 Å². The summed E-state index contributed by atoms with van der Waals surface area (Å²) >= 11 is 0. The second-order valence-corrected chi connectivity index (χ2v) is 6.24. The number of hydrogen-bond donors (Lipinski definition) is 2. The molecule has 0 saturated heterocycles. The van der Waals surface area contributed by atoms with Gasteiger partial charge in [-0.2, -0.15) is 0 Å². The maximum Gasteiger partial charge on any atom is 0.0372 e. The van der Waals surface area contributed by atoms with Crippen LogP contribution in [0.3, 0.4) is 0 Å². The highest BCUT2D eigenvalue weighted by molar-refractivity contribution is 5.54. The first-order valence-electron chi connectivity index (χ1n) is 7.89. The van der Waals surface area contributed by atoms with Gasteiger partial charge in [-0.05, 0) is 77.0 Å². The van der Waals surface area contributed by atoms with Crippen molar-refractivity contribution in [3.8, 4) is 0 Å². The first-order valence-corrected chi connectivity index (χ1v) is 7.89. The highest BCUT2D eigenvalue weighted by Gasteiger charge is 2.10. The summed E-state index contributed by atoms with van der Waals surface area (Å²) in [5.74, 6) is 0. The standard InChI is InChI=1S/C17H29N3/c1-14(18-10-5-11-20(2)3)12-15-7-8-17-16(13-15)6-4-9-19-17/h7-8,13-14,18-19H,4-6,9-12H2,1-3H3. The van der Waals surface area contributed by atoms with E-state index < -0.39 is 0 Å². The van der Waals surface area contributed by atoms with Crippen LogP contribution in [0, 0.1) is 0 Å². The first kappa shape index (κ1) is 15.3. The third-order valence-corrected chi connectivity index (χ3v) is 3.92. The van der Waals surface area contributed by atoms with Crippen LogP contribution in [-0.4, -0.2) is 44.7 Å². The molecular weight excluding hydrogens is 246 g/mol. The molecule has 1 atom stereocenters. The van der Waals surface area contributed by atoms with Crippen molar-refractivity contribution in [3.63, 3.8) is 0 Å². The van der Waals surface area contributed by atoms with E-state index in [1.807, 2.05) is 0 Å². The average molecular weight is 275 g/mol. The lowest BCUT2D eigenvalue weighted by molar-refractivity contribution is 0.388. The summed E-state index contributed by atoms with van der Waals surface area (Å²) in [7, 11) is 4.26. The van der Waals surface area contributed by atoms with Crippen LogP contribution >= 0.6 is 0 Å². The van der Waals surface area contributed by atoms with Gasteiger partial charge >= 0.3 is 0 Å². The van der Waals surface area contributed by atoms with Gasteiger partial charge in [0.1, 0.15) is 0 Å². The van der Waals surface area contributed by atoms with E-state index >= 15 is 0 Å². The molecule has 3 heteroatoms. The predicted molar refractivity (Wildman–Crippen MR) is 87.6 cm³/mol. The Morgan fingerprint density at radius 2 is 2.20 bits per heavy atom. The Kier molecular flexibility index (Phi) is 5.86. The fraction of sp³-hybridized carbons (Fsp3) is 0.647. The van der Waals surface area contributed by atoms with Gasteiger partial charge in [-0.25, -0.2) is 0 Å². The normalized spacial score (nSPS) is 15.8. The number of anilines is 1. The van der Waals surface area contributed by atoms with Gasteiger partial charge < -0.3 is 15.5 Å². The highest BCUT2D eigenvalue weighted by atomic mass is 15.1. The summed E-state index contributed by atoms with van der Waals surface area (Å²) in [5, 5.41) is 7.10. The monoisotopic (exact) mass is 275 g/mol. The van der Waals surface area contributed by atoms with Crippen molar-refractivity contribution < 1.29 is 0 Å². The van der Waals surface area contributed by atoms with Crippen molar-refractivity contribution >= 4 is 5.69 Å². The minimum Gasteiger partial charge on any atom is -0.385 e. The lowest BCUT2D eigenvalue weighted by atomic mass is 9.98. The van der Waals surface area contributed by atoms with Gasteiger partial charge in [-0.3, -0.25) is 0 Å². The molecule has 1 aliphatic rings. The molecule has 0 radical (unpaired) electrons. The number of aryl methyl sites for hydroxylation is 1. The van der Waals surface area contributed by atoms with Gasteiger partial charge in [0.15, 0.2) is 0 Å². The van der Waals surface area contributed by atoms with E-state index in [0.717, 1.165) is 26.1 Å². The number of fused-ring (bicyclic) bond motifs is 1. The predicted octanol–water partition coefficient (Wildman–Crippen LogP) is 2.52. The van der Waals surface area contributed by atoms with Crippen LogP contribution < -0.4 is 10.6 Å². The van der Waals surface area contributed by atoms with E-state index in [0.29, 0.717) is 6.04 Å². The molecule has 1 aromatic rings. The maximum atomic E-state index is 3.62. The third kappa shape index (κ3) is 4.80. The Labute approximate surface area is 123 Å². The van der Waals surface area contributed by atoms with Crippen molar-refractivity contribution in [3.05, 3.63) is 29.3 Å². The van der Waals surface area contributed by atoms with Crippen LogP contribution in [0.15, 0.2) is 18.2 Å². The van der Waals surface area contributed by atoms with E-state index in [-0.39, 0.29) is 0 Å². The summed E-state index contributed by atoms with van der Waals surface area (Å²) in [6, 6.07) is 7.46. The van der Waals surface area contributed by atoms with E-state index in [1.54, 1.807) is 0 Å². The zero-order valence-corrected chi connectivity index (χ0v) is 13.2. The van der Waals surface area contributed by atoms with E-state index in [1.165, 1.54) is 36.1 Å². The van der Waals surface area contributed by atoms with Crippen LogP contribution in [0.4, 0.5) is 5.69 Å². The summed E-state index contributed by atoms with van der Waals surface area (Å²) in [5.41, 5.74) is 4.29. The smallest absolute Gasteiger partial charge is 0.0372 e. The quantitative estimate of drug-likeness (QED) is 0.749. The summed E-state index contributed by atoms with van der Waals surface area (Å²) < 4.78 is 0. The van der Waals surface area contributed by atoms with Crippen molar-refractivity contribution in [1.82, 2.24) is 10.2 Å². The fourth-order valence-electron chi connectivity index (χ4n) is 2.82. The van der Waals surface area contributed by atoms with Gasteiger partial charge in [0.2, 0.25) is 0 Å².